The molecule has 4 nitrogen and oxygen atoms in total. The molecule has 0 unspecified atom stereocenters. The third-order valence-electron chi connectivity index (χ3n) is 1.09. The molecule has 0 bridgehead atoms. The lowest BCUT2D eigenvalue weighted by molar-refractivity contribution is -0.201. The Hall–Kier alpha value is -0.130. The Morgan fingerprint density at radius 3 is 2.36 bits per heavy atom. The summed E-state index contributed by atoms with van der Waals surface area (Å²) in [6.07, 6.45) is 1.76. The predicted octanol–water partition coefficient (Wildman–Crippen LogP) is 1.08. The van der Waals surface area contributed by atoms with E-state index in [2.05, 4.69) is 9.22 Å². The van der Waals surface area contributed by atoms with Crippen LogP contribution in [0, 0.1) is 0 Å². The van der Waals surface area contributed by atoms with Crippen LogP contribution in [-0.2, 0) is 19.3 Å². The van der Waals surface area contributed by atoms with Crippen molar-refractivity contribution < 1.29 is 17.6 Å². The Bertz CT molecular complexity index is 173. The normalized spacial score (nSPS) is 11.8. The first-order valence-electron chi connectivity index (χ1n) is 3.66. The van der Waals surface area contributed by atoms with Gasteiger partial charge in [-0.3, -0.25) is 0 Å². The first kappa shape index (κ1) is 10.9. The largest absolute Gasteiger partial charge is 0.293 e. The van der Waals surface area contributed by atoms with Gasteiger partial charge < -0.3 is 0 Å². The molecule has 0 aliphatic carbocycles. The molecule has 5 heteroatoms. The van der Waals surface area contributed by atoms with Gasteiger partial charge in [0.25, 0.3) is 10.1 Å². The maximum atomic E-state index is 10.6. The summed E-state index contributed by atoms with van der Waals surface area (Å²) in [7, 11) is -3.42. The van der Waals surface area contributed by atoms with Gasteiger partial charge in [-0.25, -0.2) is 4.89 Å². The minimum Gasteiger partial charge on any atom is -0.220 e. The highest BCUT2D eigenvalue weighted by Crippen LogP contribution is 1.95. The van der Waals surface area contributed by atoms with Crippen molar-refractivity contribution in [3.63, 3.8) is 0 Å². The van der Waals surface area contributed by atoms with Crippen molar-refractivity contribution >= 4 is 10.1 Å². The van der Waals surface area contributed by atoms with E-state index in [1.54, 1.807) is 0 Å². The fourth-order valence-corrected chi connectivity index (χ4v) is 0.670. The van der Waals surface area contributed by atoms with E-state index in [9.17, 15) is 8.42 Å². The first-order chi connectivity index (χ1) is 5.12. The van der Waals surface area contributed by atoms with E-state index < -0.39 is 10.1 Å². The smallest absolute Gasteiger partial charge is 0.220 e. The zero-order chi connectivity index (χ0) is 8.74. The molecule has 0 aliphatic heterocycles. The van der Waals surface area contributed by atoms with Gasteiger partial charge >= 0.3 is 0 Å². The summed E-state index contributed by atoms with van der Waals surface area (Å²) in [6, 6.07) is 0. The fraction of sp³-hybridized carbons (Fsp3) is 1.00. The third kappa shape index (κ3) is 6.28. The lowest BCUT2D eigenvalue weighted by Crippen LogP contribution is -2.09. The molecular weight excluding hydrogens is 168 g/mol. The summed E-state index contributed by atoms with van der Waals surface area (Å²) in [5.74, 6) is -0.0564. The maximum absolute atomic E-state index is 10.6. The summed E-state index contributed by atoms with van der Waals surface area (Å²) in [4.78, 5) is 4.44. The summed E-state index contributed by atoms with van der Waals surface area (Å²) in [6.45, 7) is 3.81. The van der Waals surface area contributed by atoms with Crippen molar-refractivity contribution in [2.75, 3.05) is 12.4 Å². The number of hydrogen-bond donors (Lipinski definition) is 0. The lowest BCUT2D eigenvalue weighted by atomic mass is 10.4. The topological polar surface area (TPSA) is 52.6 Å². The van der Waals surface area contributed by atoms with Crippen LogP contribution >= 0.6 is 0 Å². The van der Waals surface area contributed by atoms with Crippen LogP contribution in [0.1, 0.15) is 26.7 Å². The number of rotatable bonds is 6. The minimum absolute atomic E-state index is 0.0564. The predicted molar refractivity (Wildman–Crippen MR) is 41.4 cm³/mol. The quantitative estimate of drug-likeness (QED) is 0.350. The molecule has 0 amide bonds. The van der Waals surface area contributed by atoms with Gasteiger partial charge in [0.2, 0.25) is 0 Å². The Kier molecular flexibility index (Phi) is 5.45. The van der Waals surface area contributed by atoms with Crippen LogP contribution in [0.2, 0.25) is 0 Å². The molecule has 0 spiro atoms. The van der Waals surface area contributed by atoms with E-state index in [4.69, 9.17) is 0 Å². The SMILES string of the molecule is CCCCOOS(=O)(=O)CC. The average molecular weight is 182 g/mol. The van der Waals surface area contributed by atoms with E-state index in [1.807, 2.05) is 6.92 Å². The average Bonchev–Trinajstić information content (AvgIpc) is 1.99. The Morgan fingerprint density at radius 1 is 1.27 bits per heavy atom. The standard InChI is InChI=1S/C6H14O4S/c1-3-5-6-9-10-11(7,8)4-2/h3-6H2,1-2H3. The van der Waals surface area contributed by atoms with Crippen LogP contribution in [0.3, 0.4) is 0 Å². The molecule has 0 saturated carbocycles. The molecular formula is C6H14O4S. The minimum atomic E-state index is -3.42. The second-order valence-corrected chi connectivity index (χ2v) is 3.92. The van der Waals surface area contributed by atoms with Crippen LogP contribution in [-0.4, -0.2) is 20.8 Å². The van der Waals surface area contributed by atoms with E-state index >= 15 is 0 Å². The first-order valence-corrected chi connectivity index (χ1v) is 5.24. The van der Waals surface area contributed by atoms with Crippen molar-refractivity contribution in [2.45, 2.75) is 26.7 Å². The zero-order valence-corrected chi connectivity index (χ0v) is 7.69. The summed E-state index contributed by atoms with van der Waals surface area (Å²) >= 11 is 0. The van der Waals surface area contributed by atoms with Crippen molar-refractivity contribution in [1.82, 2.24) is 0 Å². The Labute approximate surface area is 67.6 Å². The third-order valence-corrected chi connectivity index (χ3v) is 2.10. The molecule has 0 fully saturated rings. The van der Waals surface area contributed by atoms with Crippen LogP contribution in [0.4, 0.5) is 0 Å². The van der Waals surface area contributed by atoms with Gasteiger partial charge in [-0.2, -0.15) is 8.42 Å². The van der Waals surface area contributed by atoms with Crippen LogP contribution < -0.4 is 0 Å². The van der Waals surface area contributed by atoms with E-state index in [0.29, 0.717) is 6.61 Å². The lowest BCUT2D eigenvalue weighted by Gasteiger charge is -2.00. The molecule has 0 aromatic carbocycles. The molecule has 0 atom stereocenters. The van der Waals surface area contributed by atoms with Crippen LogP contribution in [0.5, 0.6) is 0 Å². The van der Waals surface area contributed by atoms with Crippen molar-refractivity contribution in [3.8, 4) is 0 Å². The Morgan fingerprint density at radius 2 is 1.91 bits per heavy atom. The fourth-order valence-electron chi connectivity index (χ4n) is 0.359. The van der Waals surface area contributed by atoms with Gasteiger partial charge in [0.05, 0.1) is 12.4 Å². The van der Waals surface area contributed by atoms with Crippen molar-refractivity contribution in [1.29, 1.82) is 0 Å². The van der Waals surface area contributed by atoms with Gasteiger partial charge in [-0.1, -0.05) is 13.3 Å². The van der Waals surface area contributed by atoms with Gasteiger partial charge in [0, 0.05) is 0 Å². The van der Waals surface area contributed by atoms with Gasteiger partial charge in [-0.05, 0) is 13.3 Å². The van der Waals surface area contributed by atoms with E-state index in [-0.39, 0.29) is 5.75 Å². The van der Waals surface area contributed by atoms with Crippen molar-refractivity contribution in [2.24, 2.45) is 0 Å². The molecule has 0 aliphatic rings. The molecule has 0 N–H and O–H groups in total. The molecule has 0 radical (unpaired) electrons. The molecule has 0 aromatic rings. The Balaban J connectivity index is 3.39. The van der Waals surface area contributed by atoms with Gasteiger partial charge in [-0.15, -0.1) is 4.33 Å². The number of hydrogen-bond acceptors (Lipinski definition) is 4. The molecule has 0 aromatic heterocycles. The van der Waals surface area contributed by atoms with Crippen LogP contribution in [0.15, 0.2) is 0 Å². The van der Waals surface area contributed by atoms with Crippen LogP contribution in [0.25, 0.3) is 0 Å². The van der Waals surface area contributed by atoms with Gasteiger partial charge in [0.15, 0.2) is 0 Å². The van der Waals surface area contributed by atoms with Gasteiger partial charge in [0.1, 0.15) is 0 Å². The highest BCUT2D eigenvalue weighted by atomic mass is 32.2. The highest BCUT2D eigenvalue weighted by Gasteiger charge is 2.07. The zero-order valence-electron chi connectivity index (χ0n) is 6.87. The second kappa shape index (κ2) is 5.51. The summed E-state index contributed by atoms with van der Waals surface area (Å²) in [5, 5.41) is 0. The highest BCUT2D eigenvalue weighted by molar-refractivity contribution is 7.86. The number of unbranched alkanes of at least 4 members (excludes halogenated alkanes) is 1. The monoisotopic (exact) mass is 182 g/mol. The molecule has 0 rings (SSSR count). The molecule has 0 saturated heterocycles. The molecule has 68 valence electrons. The second-order valence-electron chi connectivity index (χ2n) is 2.09. The van der Waals surface area contributed by atoms with Crippen molar-refractivity contribution in [3.05, 3.63) is 0 Å². The maximum Gasteiger partial charge on any atom is 0.293 e. The summed E-state index contributed by atoms with van der Waals surface area (Å²) in [5.41, 5.74) is 0. The van der Waals surface area contributed by atoms with E-state index in [1.165, 1.54) is 6.92 Å². The summed E-state index contributed by atoms with van der Waals surface area (Å²) < 4.78 is 25.4. The molecule has 11 heavy (non-hydrogen) atoms. The van der Waals surface area contributed by atoms with E-state index in [0.717, 1.165) is 12.8 Å². The molecule has 0 heterocycles.